The van der Waals surface area contributed by atoms with Crippen LogP contribution in [0.1, 0.15) is 16.7 Å². The first kappa shape index (κ1) is 23.2. The van der Waals surface area contributed by atoms with Gasteiger partial charge in [-0.25, -0.2) is 10.1 Å². The molecule has 0 atom stereocenters. The zero-order chi connectivity index (χ0) is 23.9. The number of para-hydroxylation sites is 1. The third kappa shape index (κ3) is 5.88. The van der Waals surface area contributed by atoms with Crippen molar-refractivity contribution in [2.24, 2.45) is 5.10 Å². The maximum absolute atomic E-state index is 13.1. The number of hydrogen-bond donors (Lipinski definition) is 1. The maximum atomic E-state index is 13.1. The van der Waals surface area contributed by atoms with Crippen molar-refractivity contribution in [1.82, 2.24) is 15.2 Å². The van der Waals surface area contributed by atoms with E-state index in [2.05, 4.69) is 31.6 Å². The molecule has 34 heavy (non-hydrogen) atoms. The van der Waals surface area contributed by atoms with Crippen LogP contribution in [0.5, 0.6) is 0 Å². The first-order chi connectivity index (χ1) is 16.5. The van der Waals surface area contributed by atoms with Gasteiger partial charge in [-0.1, -0.05) is 58.4 Å². The van der Waals surface area contributed by atoms with E-state index in [0.29, 0.717) is 5.57 Å². The van der Waals surface area contributed by atoms with Crippen molar-refractivity contribution in [1.29, 1.82) is 0 Å². The minimum absolute atomic E-state index is 0.309. The molecule has 1 amide bonds. The number of benzene rings is 3. The number of carbonyl (C=O) groups is 1. The van der Waals surface area contributed by atoms with Crippen molar-refractivity contribution in [3.05, 3.63) is 112 Å². The number of carbonyl (C=O) groups excluding carboxylic acids is 1. The zero-order valence-corrected chi connectivity index (χ0v) is 20.5. The van der Waals surface area contributed by atoms with Gasteiger partial charge < -0.3 is 4.90 Å². The lowest BCUT2D eigenvalue weighted by molar-refractivity contribution is -0.115. The Morgan fingerprint density at radius 1 is 0.971 bits per heavy atom. The van der Waals surface area contributed by atoms with Crippen LogP contribution in [-0.2, 0) is 4.79 Å². The van der Waals surface area contributed by atoms with E-state index in [1.165, 1.54) is 0 Å². The summed E-state index contributed by atoms with van der Waals surface area (Å²) in [7, 11) is 3.98. The summed E-state index contributed by atoms with van der Waals surface area (Å²) >= 11 is 3.45. The summed E-state index contributed by atoms with van der Waals surface area (Å²) in [4.78, 5) is 15.1. The monoisotopic (exact) mass is 513 g/mol. The van der Waals surface area contributed by atoms with Gasteiger partial charge in [-0.2, -0.15) is 10.2 Å². The summed E-state index contributed by atoms with van der Waals surface area (Å²) in [5.41, 5.74) is 7.66. The average Bonchev–Trinajstić information content (AvgIpc) is 3.33. The average molecular weight is 514 g/mol. The molecule has 0 radical (unpaired) electrons. The Morgan fingerprint density at radius 2 is 1.68 bits per heavy atom. The summed E-state index contributed by atoms with van der Waals surface area (Å²) in [6.07, 6.45) is 7.06. The second-order valence-corrected chi connectivity index (χ2v) is 8.72. The number of amides is 1. The smallest absolute Gasteiger partial charge is 0.271 e. The lowest BCUT2D eigenvalue weighted by atomic mass is 10.0. The molecular weight excluding hydrogens is 490 g/mol. The molecule has 1 N–H and O–H groups in total. The predicted octanol–water partition coefficient (Wildman–Crippen LogP) is 5.39. The largest absolute Gasteiger partial charge is 0.378 e. The number of anilines is 1. The molecule has 0 bridgehead atoms. The highest BCUT2D eigenvalue weighted by Crippen LogP contribution is 2.22. The number of hydrazone groups is 1. The maximum Gasteiger partial charge on any atom is 0.271 e. The minimum Gasteiger partial charge on any atom is -0.378 e. The van der Waals surface area contributed by atoms with E-state index in [9.17, 15) is 4.79 Å². The first-order valence-electron chi connectivity index (χ1n) is 10.7. The third-order valence-corrected chi connectivity index (χ3v) is 5.65. The van der Waals surface area contributed by atoms with Gasteiger partial charge in [0.1, 0.15) is 0 Å². The molecule has 4 rings (SSSR count). The van der Waals surface area contributed by atoms with Crippen LogP contribution in [0.15, 0.2) is 101 Å². The van der Waals surface area contributed by atoms with Gasteiger partial charge >= 0.3 is 0 Å². The van der Waals surface area contributed by atoms with Gasteiger partial charge in [0.05, 0.1) is 18.1 Å². The lowest BCUT2D eigenvalue weighted by Gasteiger charge is -2.11. The second kappa shape index (κ2) is 10.8. The molecule has 0 fully saturated rings. The van der Waals surface area contributed by atoms with Crippen LogP contribution in [0.2, 0.25) is 0 Å². The molecule has 0 aliphatic rings. The summed E-state index contributed by atoms with van der Waals surface area (Å²) in [6.45, 7) is 0. The van der Waals surface area contributed by atoms with Gasteiger partial charge in [-0.3, -0.25) is 4.79 Å². The molecule has 3 aromatic carbocycles. The molecule has 0 saturated carbocycles. The van der Waals surface area contributed by atoms with E-state index in [0.717, 1.165) is 32.5 Å². The molecule has 7 heteroatoms. The summed E-state index contributed by atoms with van der Waals surface area (Å²) in [5.74, 6) is -0.309. The van der Waals surface area contributed by atoms with Crippen molar-refractivity contribution in [3.8, 4) is 5.69 Å². The molecular formula is C27H24BrN5O. The van der Waals surface area contributed by atoms with Gasteiger partial charge in [0.25, 0.3) is 5.91 Å². The van der Waals surface area contributed by atoms with E-state index in [4.69, 9.17) is 0 Å². The zero-order valence-electron chi connectivity index (χ0n) is 18.9. The number of halogens is 1. The highest BCUT2D eigenvalue weighted by molar-refractivity contribution is 9.10. The Morgan fingerprint density at radius 3 is 2.35 bits per heavy atom. The van der Waals surface area contributed by atoms with E-state index >= 15 is 0 Å². The minimum atomic E-state index is -0.309. The van der Waals surface area contributed by atoms with Crippen molar-refractivity contribution < 1.29 is 4.79 Å². The van der Waals surface area contributed by atoms with Crippen LogP contribution in [0, 0.1) is 0 Å². The van der Waals surface area contributed by atoms with E-state index in [-0.39, 0.29) is 5.91 Å². The molecule has 6 nitrogen and oxygen atoms in total. The second-order valence-electron chi connectivity index (χ2n) is 7.80. The van der Waals surface area contributed by atoms with Crippen LogP contribution >= 0.6 is 15.9 Å². The van der Waals surface area contributed by atoms with Gasteiger partial charge in [0, 0.05) is 41.6 Å². The van der Waals surface area contributed by atoms with Crippen molar-refractivity contribution in [2.75, 3.05) is 19.0 Å². The van der Waals surface area contributed by atoms with E-state index in [1.54, 1.807) is 17.1 Å². The van der Waals surface area contributed by atoms with Crippen molar-refractivity contribution in [3.63, 3.8) is 0 Å². The van der Waals surface area contributed by atoms with Crippen LogP contribution < -0.4 is 10.3 Å². The molecule has 4 aromatic rings. The molecule has 0 spiro atoms. The topological polar surface area (TPSA) is 62.5 Å². The summed E-state index contributed by atoms with van der Waals surface area (Å²) in [5, 5.41) is 8.59. The Balaban J connectivity index is 1.57. The Labute approximate surface area is 207 Å². The van der Waals surface area contributed by atoms with E-state index in [1.807, 2.05) is 110 Å². The number of rotatable bonds is 7. The fourth-order valence-electron chi connectivity index (χ4n) is 3.29. The van der Waals surface area contributed by atoms with Gasteiger partial charge in [-0.05, 0) is 53.6 Å². The fourth-order valence-corrected chi connectivity index (χ4v) is 3.56. The molecule has 0 aliphatic heterocycles. The Kier molecular flexibility index (Phi) is 7.34. The number of aromatic nitrogens is 2. The van der Waals surface area contributed by atoms with Crippen molar-refractivity contribution in [2.45, 2.75) is 0 Å². The van der Waals surface area contributed by atoms with Crippen LogP contribution in [0.3, 0.4) is 0 Å². The molecule has 0 aliphatic carbocycles. The number of nitrogens with one attached hydrogen (secondary N) is 1. The van der Waals surface area contributed by atoms with Crippen LogP contribution in [0.25, 0.3) is 17.3 Å². The molecule has 1 aromatic heterocycles. The Hall–Kier alpha value is -3.97. The predicted molar refractivity (Wildman–Crippen MR) is 142 cm³/mol. The normalized spacial score (nSPS) is 11.6. The summed E-state index contributed by atoms with van der Waals surface area (Å²) < 4.78 is 2.71. The van der Waals surface area contributed by atoms with Gasteiger partial charge in [-0.15, -0.1) is 0 Å². The standard InChI is InChI=1S/C27H24BrN5O/c1-32(2)24-14-8-20(9-15-24)17-29-31-27(34)26(22-10-12-23(28)13-11-22)16-21-18-30-33(19-21)25-6-4-3-5-7-25/h3-19H,1-2H3,(H,31,34)/b26-16+,29-17+. The molecule has 1 heterocycles. The quantitative estimate of drug-likeness (QED) is 0.204. The lowest BCUT2D eigenvalue weighted by Crippen LogP contribution is -2.19. The van der Waals surface area contributed by atoms with Crippen molar-refractivity contribution >= 4 is 45.4 Å². The highest BCUT2D eigenvalue weighted by Gasteiger charge is 2.13. The molecule has 0 saturated heterocycles. The van der Waals surface area contributed by atoms with Crippen LogP contribution in [-0.4, -0.2) is 36.0 Å². The van der Waals surface area contributed by atoms with Gasteiger partial charge in [0.2, 0.25) is 0 Å². The molecule has 170 valence electrons. The van der Waals surface area contributed by atoms with E-state index < -0.39 is 0 Å². The Bertz CT molecular complexity index is 1310. The third-order valence-electron chi connectivity index (χ3n) is 5.12. The number of hydrogen-bond acceptors (Lipinski definition) is 4. The van der Waals surface area contributed by atoms with Gasteiger partial charge in [0.15, 0.2) is 0 Å². The molecule has 0 unspecified atom stereocenters. The number of nitrogens with zero attached hydrogens (tertiary/aromatic N) is 4. The summed E-state index contributed by atoms with van der Waals surface area (Å²) in [6, 6.07) is 25.3. The van der Waals surface area contributed by atoms with Crippen LogP contribution in [0.4, 0.5) is 5.69 Å². The highest BCUT2D eigenvalue weighted by atomic mass is 79.9. The SMILES string of the molecule is CN(C)c1ccc(/C=N/NC(=O)/C(=C/c2cnn(-c3ccccc3)c2)c2ccc(Br)cc2)cc1. The first-order valence-corrected chi connectivity index (χ1v) is 11.5. The fraction of sp³-hybridized carbons (Fsp3) is 0.0741.